The van der Waals surface area contributed by atoms with Crippen LogP contribution in [0, 0.1) is 23.6 Å². The fourth-order valence-corrected chi connectivity index (χ4v) is 7.79. The summed E-state index contributed by atoms with van der Waals surface area (Å²) in [6.07, 6.45) is 3.98. The van der Waals surface area contributed by atoms with E-state index in [2.05, 4.69) is 4.98 Å². The fourth-order valence-electron chi connectivity index (χ4n) is 4.89. The van der Waals surface area contributed by atoms with Gasteiger partial charge in [0.1, 0.15) is 5.82 Å². The lowest BCUT2D eigenvalue weighted by Gasteiger charge is -2.40. The van der Waals surface area contributed by atoms with E-state index in [-0.39, 0.29) is 16.6 Å². The summed E-state index contributed by atoms with van der Waals surface area (Å²) in [4.78, 5) is 16.1. The molecule has 1 N–H and O–H groups in total. The number of thioether (sulfide) groups is 1. The molecule has 2 bridgehead atoms. The third-order valence-electron chi connectivity index (χ3n) is 5.69. The van der Waals surface area contributed by atoms with Gasteiger partial charge in [-0.2, -0.15) is 0 Å². The van der Waals surface area contributed by atoms with E-state index in [0.29, 0.717) is 11.2 Å². The molecule has 5 rings (SSSR count). The number of H-pyrrole nitrogens is 1. The number of benzene rings is 1. The molecule has 5 heteroatoms. The SMILES string of the molecule is O=c1[nH]c2c(s1)[C@H](c1ccc(F)cc1)C1C(S2)[C@H]2CC[C@@H]1C2. The third-order valence-corrected chi connectivity index (χ3v) is 8.32. The van der Waals surface area contributed by atoms with Crippen molar-refractivity contribution in [1.29, 1.82) is 0 Å². The van der Waals surface area contributed by atoms with Crippen LogP contribution in [0.1, 0.15) is 35.6 Å². The highest BCUT2D eigenvalue weighted by Crippen LogP contribution is 2.63. The van der Waals surface area contributed by atoms with Gasteiger partial charge in [-0.3, -0.25) is 4.79 Å². The van der Waals surface area contributed by atoms with Gasteiger partial charge < -0.3 is 4.98 Å². The van der Waals surface area contributed by atoms with Crippen molar-refractivity contribution in [2.45, 2.75) is 35.5 Å². The van der Waals surface area contributed by atoms with Crippen LogP contribution in [0.3, 0.4) is 0 Å². The summed E-state index contributed by atoms with van der Waals surface area (Å²) in [6, 6.07) is 6.92. The first-order valence-electron chi connectivity index (χ1n) is 7.86. The maximum absolute atomic E-state index is 13.3. The number of thiazole rings is 1. The van der Waals surface area contributed by atoms with E-state index in [9.17, 15) is 9.18 Å². The number of aromatic amines is 1. The van der Waals surface area contributed by atoms with E-state index in [1.165, 1.54) is 41.0 Å². The summed E-state index contributed by atoms with van der Waals surface area (Å²) in [6.45, 7) is 0. The van der Waals surface area contributed by atoms with Crippen LogP contribution >= 0.6 is 23.1 Å². The van der Waals surface area contributed by atoms with Crippen LogP contribution in [0.4, 0.5) is 4.39 Å². The van der Waals surface area contributed by atoms with E-state index in [0.717, 1.165) is 16.9 Å². The molecule has 0 amide bonds. The quantitative estimate of drug-likeness (QED) is 0.847. The molecule has 2 aliphatic carbocycles. The molecule has 0 spiro atoms. The van der Waals surface area contributed by atoms with Crippen LogP contribution in [0.25, 0.3) is 0 Å². The van der Waals surface area contributed by atoms with Gasteiger partial charge in [0.2, 0.25) is 0 Å². The summed E-state index contributed by atoms with van der Waals surface area (Å²) < 4.78 is 13.3. The first-order chi connectivity index (χ1) is 10.7. The molecule has 0 saturated heterocycles. The molecule has 2 fully saturated rings. The molecule has 114 valence electrons. The number of halogens is 1. The van der Waals surface area contributed by atoms with Gasteiger partial charge in [0.15, 0.2) is 0 Å². The molecule has 5 atom stereocenters. The zero-order chi connectivity index (χ0) is 14.8. The molecule has 2 aromatic rings. The van der Waals surface area contributed by atoms with Crippen molar-refractivity contribution in [1.82, 2.24) is 4.98 Å². The maximum atomic E-state index is 13.3. The smallest absolute Gasteiger partial charge is 0.305 e. The summed E-state index contributed by atoms with van der Waals surface area (Å²) in [7, 11) is 0. The van der Waals surface area contributed by atoms with E-state index < -0.39 is 0 Å². The van der Waals surface area contributed by atoms with Crippen molar-refractivity contribution in [2.75, 3.05) is 0 Å². The second kappa shape index (κ2) is 4.71. The van der Waals surface area contributed by atoms with Gasteiger partial charge >= 0.3 is 4.87 Å². The largest absolute Gasteiger partial charge is 0.307 e. The number of hydrogen-bond donors (Lipinski definition) is 1. The number of fused-ring (bicyclic) bond motifs is 6. The van der Waals surface area contributed by atoms with Crippen LogP contribution in [0.5, 0.6) is 0 Å². The Morgan fingerprint density at radius 1 is 1.14 bits per heavy atom. The van der Waals surface area contributed by atoms with Crippen LogP contribution in [-0.2, 0) is 0 Å². The van der Waals surface area contributed by atoms with Gasteiger partial charge in [0.05, 0.1) is 5.03 Å². The Bertz CT molecular complexity index is 781. The topological polar surface area (TPSA) is 32.9 Å². The summed E-state index contributed by atoms with van der Waals surface area (Å²) in [5.41, 5.74) is 1.17. The van der Waals surface area contributed by atoms with Crippen molar-refractivity contribution in [3.8, 4) is 0 Å². The molecule has 1 aromatic heterocycles. The minimum absolute atomic E-state index is 0.0388. The molecule has 2 heterocycles. The van der Waals surface area contributed by atoms with Crippen molar-refractivity contribution in [3.63, 3.8) is 0 Å². The Labute approximate surface area is 136 Å². The normalized spacial score (nSPS) is 35.4. The van der Waals surface area contributed by atoms with E-state index in [4.69, 9.17) is 0 Å². The zero-order valence-corrected chi connectivity index (χ0v) is 13.6. The van der Waals surface area contributed by atoms with E-state index in [1.807, 2.05) is 23.9 Å². The molecule has 22 heavy (non-hydrogen) atoms. The van der Waals surface area contributed by atoms with Gasteiger partial charge in [-0.1, -0.05) is 23.5 Å². The fraction of sp³-hybridized carbons (Fsp3) is 0.471. The van der Waals surface area contributed by atoms with Gasteiger partial charge in [0.25, 0.3) is 0 Å². The Hall–Kier alpha value is -1.07. The number of hydrogen-bond acceptors (Lipinski definition) is 3. The lowest BCUT2D eigenvalue weighted by atomic mass is 9.75. The van der Waals surface area contributed by atoms with Gasteiger partial charge in [0, 0.05) is 16.0 Å². The number of nitrogens with one attached hydrogen (secondary N) is 1. The average Bonchev–Trinajstić information content (AvgIpc) is 3.19. The van der Waals surface area contributed by atoms with Crippen molar-refractivity contribution in [3.05, 3.63) is 50.2 Å². The Morgan fingerprint density at radius 3 is 2.73 bits per heavy atom. The maximum Gasteiger partial charge on any atom is 0.305 e. The minimum Gasteiger partial charge on any atom is -0.307 e. The third kappa shape index (κ3) is 1.81. The number of aromatic nitrogens is 1. The van der Waals surface area contributed by atoms with E-state index in [1.54, 1.807) is 12.1 Å². The molecular formula is C17H16FNOS2. The highest BCUT2D eigenvalue weighted by Gasteiger charge is 2.54. The van der Waals surface area contributed by atoms with Crippen molar-refractivity contribution >= 4 is 23.1 Å². The van der Waals surface area contributed by atoms with Gasteiger partial charge in [-0.15, -0.1) is 11.8 Å². The molecular weight excluding hydrogens is 317 g/mol. The summed E-state index contributed by atoms with van der Waals surface area (Å²) in [5, 5.41) is 1.68. The summed E-state index contributed by atoms with van der Waals surface area (Å²) in [5.74, 6) is 2.23. The lowest BCUT2D eigenvalue weighted by Crippen LogP contribution is -2.33. The van der Waals surface area contributed by atoms with Crippen LogP contribution in [-0.4, -0.2) is 10.2 Å². The molecule has 1 aliphatic heterocycles. The van der Waals surface area contributed by atoms with Crippen molar-refractivity contribution < 1.29 is 4.39 Å². The Morgan fingerprint density at radius 2 is 1.91 bits per heavy atom. The molecule has 3 aliphatic rings. The molecule has 2 unspecified atom stereocenters. The Kier molecular flexibility index (Phi) is 2.87. The number of rotatable bonds is 1. The molecule has 0 radical (unpaired) electrons. The second-order valence-corrected chi connectivity index (χ2v) is 8.93. The minimum atomic E-state index is -0.194. The molecule has 2 saturated carbocycles. The van der Waals surface area contributed by atoms with Gasteiger partial charge in [-0.25, -0.2) is 4.39 Å². The lowest BCUT2D eigenvalue weighted by molar-refractivity contribution is 0.307. The first-order valence-corrected chi connectivity index (χ1v) is 9.55. The van der Waals surface area contributed by atoms with Crippen LogP contribution in [0.2, 0.25) is 0 Å². The molecule has 2 nitrogen and oxygen atoms in total. The average molecular weight is 333 g/mol. The van der Waals surface area contributed by atoms with Crippen LogP contribution in [0.15, 0.2) is 34.1 Å². The van der Waals surface area contributed by atoms with E-state index >= 15 is 0 Å². The predicted octanol–water partition coefficient (Wildman–Crippen LogP) is 4.23. The molecule has 1 aromatic carbocycles. The highest BCUT2D eigenvalue weighted by molar-refractivity contribution is 8.00. The standard InChI is InChI=1S/C17H16FNOS2/c18-11-5-3-8(4-6-11)12-13-9-1-2-10(7-9)14(13)21-16-15(12)22-17(20)19-16/h3-6,9-10,12-14H,1-2,7H2,(H,19,20)/t9-,10+,12-,13?,14?/m1/s1. The monoisotopic (exact) mass is 333 g/mol. The first kappa shape index (κ1) is 13.4. The highest BCUT2D eigenvalue weighted by atomic mass is 32.2. The second-order valence-electron chi connectivity index (χ2n) is 6.73. The Balaban J connectivity index is 1.68. The zero-order valence-electron chi connectivity index (χ0n) is 11.9. The van der Waals surface area contributed by atoms with Crippen LogP contribution < -0.4 is 4.87 Å². The van der Waals surface area contributed by atoms with Gasteiger partial charge in [-0.05, 0) is 54.7 Å². The van der Waals surface area contributed by atoms with Crippen molar-refractivity contribution in [2.24, 2.45) is 17.8 Å². The predicted molar refractivity (Wildman–Crippen MR) is 87.1 cm³/mol. The summed E-state index contributed by atoms with van der Waals surface area (Å²) >= 11 is 3.24.